The largest absolute Gasteiger partial charge is 0.381 e. The molecule has 0 radical (unpaired) electrons. The van der Waals surface area contributed by atoms with Crippen LogP contribution in [-0.2, 0) is 4.74 Å². The molecule has 1 aromatic rings. The van der Waals surface area contributed by atoms with Crippen molar-refractivity contribution in [3.05, 3.63) is 35.9 Å². The van der Waals surface area contributed by atoms with E-state index in [9.17, 15) is 0 Å². The van der Waals surface area contributed by atoms with Crippen molar-refractivity contribution < 1.29 is 4.74 Å². The number of aliphatic imine (C=N–C) groups is 1. The number of hydrogen-bond acceptors (Lipinski definition) is 3. The number of likely N-dealkylation sites (N-methyl/N-ethyl adjacent to an activating group) is 1. The highest BCUT2D eigenvalue weighted by Crippen LogP contribution is 2.35. The van der Waals surface area contributed by atoms with E-state index in [0.29, 0.717) is 11.8 Å². The van der Waals surface area contributed by atoms with Gasteiger partial charge >= 0.3 is 0 Å². The summed E-state index contributed by atoms with van der Waals surface area (Å²) >= 11 is 0. The van der Waals surface area contributed by atoms with Gasteiger partial charge in [-0.3, -0.25) is 4.99 Å². The molecule has 162 valence electrons. The highest BCUT2D eigenvalue weighted by Gasteiger charge is 2.35. The minimum Gasteiger partial charge on any atom is -0.381 e. The van der Waals surface area contributed by atoms with E-state index in [4.69, 9.17) is 9.73 Å². The molecule has 2 unspecified atom stereocenters. The van der Waals surface area contributed by atoms with Crippen molar-refractivity contribution in [2.45, 2.75) is 51.0 Å². The van der Waals surface area contributed by atoms with Gasteiger partial charge < -0.3 is 19.9 Å². The van der Waals surface area contributed by atoms with Gasteiger partial charge in [-0.15, -0.1) is 0 Å². The van der Waals surface area contributed by atoms with Gasteiger partial charge in [-0.25, -0.2) is 0 Å². The molecule has 3 rings (SSSR count). The van der Waals surface area contributed by atoms with Crippen LogP contribution in [0.25, 0.3) is 0 Å². The molecule has 5 heteroatoms. The molecule has 2 aliphatic heterocycles. The first-order valence-electron chi connectivity index (χ1n) is 11.4. The lowest BCUT2D eigenvalue weighted by atomic mass is 9.79. The first-order valence-corrected chi connectivity index (χ1v) is 11.4. The normalized spacial score (nSPS) is 25.3. The number of likely N-dealkylation sites (tertiary alicyclic amines) is 1. The van der Waals surface area contributed by atoms with Crippen LogP contribution in [-0.4, -0.2) is 74.8 Å². The predicted octanol–water partition coefficient (Wildman–Crippen LogP) is 3.58. The quantitative estimate of drug-likeness (QED) is 0.585. The minimum atomic E-state index is 0.117. The van der Waals surface area contributed by atoms with Gasteiger partial charge in [-0.1, -0.05) is 43.7 Å². The summed E-state index contributed by atoms with van der Waals surface area (Å²) in [6, 6.07) is 11.1. The zero-order valence-corrected chi connectivity index (χ0v) is 18.9. The van der Waals surface area contributed by atoms with Crippen molar-refractivity contribution in [3.63, 3.8) is 0 Å². The number of nitrogens with one attached hydrogen (secondary N) is 1. The first kappa shape index (κ1) is 22.1. The minimum absolute atomic E-state index is 0.117. The van der Waals surface area contributed by atoms with Gasteiger partial charge in [0.2, 0.25) is 0 Å². The van der Waals surface area contributed by atoms with Crippen LogP contribution in [0.1, 0.15) is 51.0 Å². The maximum atomic E-state index is 5.63. The lowest BCUT2D eigenvalue weighted by Crippen LogP contribution is -2.53. The van der Waals surface area contributed by atoms with Crippen molar-refractivity contribution in [1.82, 2.24) is 15.1 Å². The fourth-order valence-corrected chi connectivity index (χ4v) is 4.92. The SMILES string of the molecule is CCNC(=NCC1(N(C)C)CCOCC1)N1CCC(c2ccccc2)C(CC)C1. The maximum absolute atomic E-state index is 5.63. The monoisotopic (exact) mass is 400 g/mol. The number of nitrogens with zero attached hydrogens (tertiary/aromatic N) is 3. The predicted molar refractivity (Wildman–Crippen MR) is 122 cm³/mol. The van der Waals surface area contributed by atoms with Gasteiger partial charge in [-0.2, -0.15) is 0 Å². The van der Waals surface area contributed by atoms with E-state index in [-0.39, 0.29) is 5.54 Å². The Morgan fingerprint density at radius 3 is 2.55 bits per heavy atom. The summed E-state index contributed by atoms with van der Waals surface area (Å²) in [5.74, 6) is 2.41. The second-order valence-corrected chi connectivity index (χ2v) is 8.82. The third kappa shape index (κ3) is 5.32. The van der Waals surface area contributed by atoms with E-state index in [1.807, 2.05) is 0 Å². The molecule has 0 bridgehead atoms. The summed E-state index contributed by atoms with van der Waals surface area (Å²) in [7, 11) is 4.37. The molecule has 1 N–H and O–H groups in total. The van der Waals surface area contributed by atoms with E-state index in [1.165, 1.54) is 18.4 Å². The third-order valence-corrected chi connectivity index (χ3v) is 7.02. The van der Waals surface area contributed by atoms with Crippen LogP contribution < -0.4 is 5.32 Å². The lowest BCUT2D eigenvalue weighted by Gasteiger charge is -2.43. The highest BCUT2D eigenvalue weighted by atomic mass is 16.5. The Hall–Kier alpha value is -1.59. The summed E-state index contributed by atoms with van der Waals surface area (Å²) in [5, 5.41) is 3.57. The molecule has 2 fully saturated rings. The van der Waals surface area contributed by atoms with Crippen molar-refractivity contribution in [2.24, 2.45) is 10.9 Å². The van der Waals surface area contributed by atoms with Gasteiger partial charge in [-0.05, 0) is 57.7 Å². The molecule has 5 nitrogen and oxygen atoms in total. The molecule has 2 atom stereocenters. The molecule has 1 aromatic carbocycles. The molecule has 0 aliphatic carbocycles. The standard InChI is InChI=1S/C24H40N4O/c1-5-20-18-28(15-12-22(20)21-10-8-7-9-11-21)23(25-6-2)26-19-24(27(3)4)13-16-29-17-14-24/h7-11,20,22H,5-6,12-19H2,1-4H3,(H,25,26). The fraction of sp³-hybridized carbons (Fsp3) is 0.708. The lowest BCUT2D eigenvalue weighted by molar-refractivity contribution is -0.00268. The first-order chi connectivity index (χ1) is 14.1. The Morgan fingerprint density at radius 2 is 1.93 bits per heavy atom. The summed E-state index contributed by atoms with van der Waals surface area (Å²) in [6.45, 7) is 10.1. The second-order valence-electron chi connectivity index (χ2n) is 8.82. The van der Waals surface area contributed by atoms with E-state index in [0.717, 1.165) is 58.2 Å². The van der Waals surface area contributed by atoms with Gasteiger partial charge in [0.05, 0.1) is 6.54 Å². The average molecular weight is 401 g/mol. The number of hydrogen-bond donors (Lipinski definition) is 1. The van der Waals surface area contributed by atoms with Crippen molar-refractivity contribution in [3.8, 4) is 0 Å². The Balaban J connectivity index is 1.72. The van der Waals surface area contributed by atoms with Crippen molar-refractivity contribution >= 4 is 5.96 Å². The fourth-order valence-electron chi connectivity index (χ4n) is 4.92. The molecule has 0 amide bonds. The topological polar surface area (TPSA) is 40.1 Å². The van der Waals surface area contributed by atoms with Crippen LogP contribution in [0.2, 0.25) is 0 Å². The number of piperidine rings is 1. The molecule has 0 spiro atoms. The van der Waals surface area contributed by atoms with E-state index in [1.54, 1.807) is 0 Å². The summed E-state index contributed by atoms with van der Waals surface area (Å²) < 4.78 is 5.63. The Morgan fingerprint density at radius 1 is 1.21 bits per heavy atom. The van der Waals surface area contributed by atoms with Gasteiger partial charge in [0.15, 0.2) is 5.96 Å². The molecular weight excluding hydrogens is 360 g/mol. The van der Waals surface area contributed by atoms with Crippen LogP contribution in [0.5, 0.6) is 0 Å². The molecule has 29 heavy (non-hydrogen) atoms. The smallest absolute Gasteiger partial charge is 0.193 e. The van der Waals surface area contributed by atoms with Crippen LogP contribution >= 0.6 is 0 Å². The summed E-state index contributed by atoms with van der Waals surface area (Å²) in [4.78, 5) is 10.0. The molecule has 2 heterocycles. The number of guanidine groups is 1. The summed E-state index contributed by atoms with van der Waals surface area (Å²) in [5.41, 5.74) is 1.61. The summed E-state index contributed by atoms with van der Waals surface area (Å²) in [6.07, 6.45) is 4.50. The van der Waals surface area contributed by atoms with Crippen LogP contribution in [0.3, 0.4) is 0 Å². The van der Waals surface area contributed by atoms with Crippen LogP contribution in [0.4, 0.5) is 0 Å². The maximum Gasteiger partial charge on any atom is 0.193 e. The number of ether oxygens (including phenoxy) is 1. The molecule has 0 saturated carbocycles. The Kier molecular flexibility index (Phi) is 7.96. The number of rotatable bonds is 6. The molecule has 2 aliphatic rings. The highest BCUT2D eigenvalue weighted by molar-refractivity contribution is 5.80. The van der Waals surface area contributed by atoms with E-state index >= 15 is 0 Å². The van der Waals surface area contributed by atoms with Gasteiger partial charge in [0, 0.05) is 38.4 Å². The average Bonchev–Trinajstić information content (AvgIpc) is 2.77. The Labute approximate surface area is 177 Å². The molecular formula is C24H40N4O. The third-order valence-electron chi connectivity index (χ3n) is 7.02. The second kappa shape index (κ2) is 10.4. The zero-order valence-electron chi connectivity index (χ0n) is 18.9. The van der Waals surface area contributed by atoms with Crippen molar-refractivity contribution in [1.29, 1.82) is 0 Å². The Bertz CT molecular complexity index is 640. The van der Waals surface area contributed by atoms with Gasteiger partial charge in [0.25, 0.3) is 0 Å². The van der Waals surface area contributed by atoms with Crippen LogP contribution in [0, 0.1) is 5.92 Å². The molecule has 0 aromatic heterocycles. The van der Waals surface area contributed by atoms with Gasteiger partial charge in [0.1, 0.15) is 0 Å². The van der Waals surface area contributed by atoms with E-state index < -0.39 is 0 Å². The molecule has 2 saturated heterocycles. The number of benzene rings is 1. The van der Waals surface area contributed by atoms with Crippen molar-refractivity contribution in [2.75, 3.05) is 53.5 Å². The van der Waals surface area contributed by atoms with E-state index in [2.05, 4.69) is 73.4 Å². The zero-order chi connectivity index (χ0) is 20.7. The van der Waals surface area contributed by atoms with Crippen LogP contribution in [0.15, 0.2) is 35.3 Å².